The first-order chi connectivity index (χ1) is 7.66. The monoisotopic (exact) mass is 233 g/mol. The maximum Gasteiger partial charge on any atom is 0.0345 e. The molecule has 2 heteroatoms. The zero-order chi connectivity index (χ0) is 11.5. The van der Waals surface area contributed by atoms with Crippen LogP contribution >= 0.6 is 11.3 Å². The van der Waals surface area contributed by atoms with Crippen LogP contribution in [0.15, 0.2) is 29.6 Å². The van der Waals surface area contributed by atoms with Crippen molar-refractivity contribution in [2.45, 2.75) is 32.7 Å². The van der Waals surface area contributed by atoms with Gasteiger partial charge in [0, 0.05) is 10.7 Å². The fraction of sp³-hybridized carbons (Fsp3) is 0.429. The maximum absolute atomic E-state index is 5.84. The molecule has 2 aromatic rings. The van der Waals surface area contributed by atoms with Crippen LogP contribution in [0.25, 0.3) is 10.1 Å². The van der Waals surface area contributed by atoms with Gasteiger partial charge < -0.3 is 5.73 Å². The summed E-state index contributed by atoms with van der Waals surface area (Å²) in [5, 5.41) is 3.71. The molecule has 0 aliphatic carbocycles. The highest BCUT2D eigenvalue weighted by Gasteiger charge is 2.09. The summed E-state index contributed by atoms with van der Waals surface area (Å²) in [6.07, 6.45) is 2.25. The van der Waals surface area contributed by atoms with Gasteiger partial charge in [-0.05, 0) is 48.1 Å². The predicted molar refractivity (Wildman–Crippen MR) is 73.0 cm³/mol. The van der Waals surface area contributed by atoms with Crippen LogP contribution in [-0.2, 0) is 6.42 Å². The van der Waals surface area contributed by atoms with Crippen molar-refractivity contribution in [1.29, 1.82) is 0 Å². The molecule has 86 valence electrons. The van der Waals surface area contributed by atoms with E-state index in [2.05, 4.69) is 43.5 Å². The van der Waals surface area contributed by atoms with E-state index in [9.17, 15) is 0 Å². The Morgan fingerprint density at radius 1 is 1.25 bits per heavy atom. The first-order valence-corrected chi connectivity index (χ1v) is 6.75. The normalized spacial score (nSPS) is 15.2. The van der Waals surface area contributed by atoms with Gasteiger partial charge in [-0.15, -0.1) is 11.3 Å². The average molecular weight is 233 g/mol. The highest BCUT2D eigenvalue weighted by atomic mass is 32.1. The van der Waals surface area contributed by atoms with Gasteiger partial charge in [0.15, 0.2) is 0 Å². The number of fused-ring (bicyclic) bond motifs is 1. The van der Waals surface area contributed by atoms with Gasteiger partial charge in [0.05, 0.1) is 0 Å². The molecule has 0 radical (unpaired) electrons. The average Bonchev–Trinajstić information content (AvgIpc) is 2.61. The van der Waals surface area contributed by atoms with Crippen molar-refractivity contribution in [3.8, 4) is 0 Å². The van der Waals surface area contributed by atoms with Gasteiger partial charge in [0.25, 0.3) is 0 Å². The second-order valence-electron chi connectivity index (χ2n) is 4.78. The fourth-order valence-corrected chi connectivity index (χ4v) is 3.26. The van der Waals surface area contributed by atoms with E-state index in [0.717, 1.165) is 12.8 Å². The lowest BCUT2D eigenvalue weighted by Crippen LogP contribution is -2.19. The second kappa shape index (κ2) is 4.98. The number of hydrogen-bond donors (Lipinski definition) is 1. The number of rotatable bonds is 4. The molecule has 0 aliphatic rings. The van der Waals surface area contributed by atoms with Crippen LogP contribution in [0.5, 0.6) is 0 Å². The molecule has 0 aliphatic heterocycles. The van der Waals surface area contributed by atoms with Gasteiger partial charge in [0.1, 0.15) is 0 Å². The van der Waals surface area contributed by atoms with E-state index in [0.29, 0.717) is 12.0 Å². The molecule has 0 saturated carbocycles. The Labute approximate surface area is 101 Å². The molecule has 2 unspecified atom stereocenters. The minimum Gasteiger partial charge on any atom is -0.328 e. The largest absolute Gasteiger partial charge is 0.328 e. The van der Waals surface area contributed by atoms with Crippen LogP contribution in [0.4, 0.5) is 0 Å². The molecule has 0 spiro atoms. The Morgan fingerprint density at radius 2 is 2.00 bits per heavy atom. The van der Waals surface area contributed by atoms with Gasteiger partial charge in [-0.3, -0.25) is 0 Å². The SMILES string of the molecule is CC(N)CC(C)Cc1csc2ccccc12. The summed E-state index contributed by atoms with van der Waals surface area (Å²) >= 11 is 1.84. The molecule has 1 aromatic heterocycles. The van der Waals surface area contributed by atoms with E-state index in [-0.39, 0.29) is 0 Å². The first-order valence-electron chi connectivity index (χ1n) is 5.87. The van der Waals surface area contributed by atoms with E-state index < -0.39 is 0 Å². The number of thiophene rings is 1. The molecule has 0 fully saturated rings. The van der Waals surface area contributed by atoms with Crippen LogP contribution in [0.1, 0.15) is 25.8 Å². The standard InChI is InChI=1S/C14H19NS/c1-10(7-11(2)15)8-12-9-16-14-6-4-3-5-13(12)14/h3-6,9-11H,7-8,15H2,1-2H3. The molecule has 2 atom stereocenters. The van der Waals surface area contributed by atoms with Crippen molar-refractivity contribution in [2.24, 2.45) is 11.7 Å². The van der Waals surface area contributed by atoms with Crippen LogP contribution in [0, 0.1) is 5.92 Å². The summed E-state index contributed by atoms with van der Waals surface area (Å²) in [5.74, 6) is 0.665. The van der Waals surface area contributed by atoms with E-state index >= 15 is 0 Å². The van der Waals surface area contributed by atoms with E-state index in [1.165, 1.54) is 15.6 Å². The van der Waals surface area contributed by atoms with Crippen molar-refractivity contribution in [2.75, 3.05) is 0 Å². The summed E-state index contributed by atoms with van der Waals surface area (Å²) in [7, 11) is 0. The number of nitrogens with two attached hydrogens (primary N) is 1. The van der Waals surface area contributed by atoms with Crippen molar-refractivity contribution >= 4 is 21.4 Å². The van der Waals surface area contributed by atoms with Crippen molar-refractivity contribution < 1.29 is 0 Å². The van der Waals surface area contributed by atoms with Crippen molar-refractivity contribution in [3.63, 3.8) is 0 Å². The Kier molecular flexibility index (Phi) is 3.62. The minimum absolute atomic E-state index is 0.305. The fourth-order valence-electron chi connectivity index (χ4n) is 2.28. The van der Waals surface area contributed by atoms with Gasteiger partial charge in [-0.1, -0.05) is 25.1 Å². The van der Waals surface area contributed by atoms with E-state index in [1.54, 1.807) is 0 Å². The molecule has 2 N–H and O–H groups in total. The lowest BCUT2D eigenvalue weighted by Gasteiger charge is -2.13. The number of hydrogen-bond acceptors (Lipinski definition) is 2. The summed E-state index contributed by atoms with van der Waals surface area (Å²) in [4.78, 5) is 0. The summed E-state index contributed by atoms with van der Waals surface area (Å²) in [6.45, 7) is 4.37. The Hall–Kier alpha value is -0.860. The van der Waals surface area contributed by atoms with Crippen LogP contribution < -0.4 is 5.73 Å². The molecule has 0 bridgehead atoms. The molecular weight excluding hydrogens is 214 g/mol. The predicted octanol–water partition coefficient (Wildman–Crippen LogP) is 3.82. The minimum atomic E-state index is 0.305. The van der Waals surface area contributed by atoms with E-state index in [4.69, 9.17) is 5.73 Å². The lowest BCUT2D eigenvalue weighted by atomic mass is 9.95. The lowest BCUT2D eigenvalue weighted by molar-refractivity contribution is 0.481. The molecule has 1 heterocycles. The van der Waals surface area contributed by atoms with Crippen molar-refractivity contribution in [3.05, 3.63) is 35.2 Å². The maximum atomic E-state index is 5.84. The molecule has 1 aromatic carbocycles. The van der Waals surface area contributed by atoms with Crippen LogP contribution in [0.3, 0.4) is 0 Å². The molecule has 1 nitrogen and oxygen atoms in total. The molecular formula is C14H19NS. The highest BCUT2D eigenvalue weighted by molar-refractivity contribution is 7.17. The smallest absolute Gasteiger partial charge is 0.0345 e. The summed E-state index contributed by atoms with van der Waals surface area (Å²) < 4.78 is 1.39. The molecule has 2 rings (SSSR count). The number of benzene rings is 1. The quantitative estimate of drug-likeness (QED) is 0.853. The first kappa shape index (κ1) is 11.6. The van der Waals surface area contributed by atoms with E-state index in [1.807, 2.05) is 11.3 Å². The Bertz CT molecular complexity index is 458. The van der Waals surface area contributed by atoms with Crippen LogP contribution in [0.2, 0.25) is 0 Å². The van der Waals surface area contributed by atoms with Gasteiger partial charge in [-0.2, -0.15) is 0 Å². The third-order valence-electron chi connectivity index (χ3n) is 2.90. The Balaban J connectivity index is 2.15. The molecule has 0 saturated heterocycles. The topological polar surface area (TPSA) is 26.0 Å². The summed E-state index contributed by atoms with van der Waals surface area (Å²) in [5.41, 5.74) is 7.32. The van der Waals surface area contributed by atoms with Crippen molar-refractivity contribution in [1.82, 2.24) is 0 Å². The second-order valence-corrected chi connectivity index (χ2v) is 5.69. The van der Waals surface area contributed by atoms with Crippen LogP contribution in [-0.4, -0.2) is 6.04 Å². The molecule has 0 amide bonds. The third kappa shape index (κ3) is 2.63. The zero-order valence-electron chi connectivity index (χ0n) is 9.94. The highest BCUT2D eigenvalue weighted by Crippen LogP contribution is 2.28. The Morgan fingerprint density at radius 3 is 2.75 bits per heavy atom. The molecule has 16 heavy (non-hydrogen) atoms. The van der Waals surface area contributed by atoms with Gasteiger partial charge in [0.2, 0.25) is 0 Å². The third-order valence-corrected chi connectivity index (χ3v) is 3.92. The summed E-state index contributed by atoms with van der Waals surface area (Å²) in [6, 6.07) is 8.95. The van der Waals surface area contributed by atoms with Gasteiger partial charge >= 0.3 is 0 Å². The van der Waals surface area contributed by atoms with Gasteiger partial charge in [-0.25, -0.2) is 0 Å². The zero-order valence-corrected chi connectivity index (χ0v) is 10.8.